The highest BCUT2D eigenvalue weighted by atomic mass is 16.6. The highest BCUT2D eigenvalue weighted by molar-refractivity contribution is 5.73. The predicted molar refractivity (Wildman–Crippen MR) is 113 cm³/mol. The Hall–Kier alpha value is -3.94. The number of nitro groups is 1. The predicted octanol–water partition coefficient (Wildman–Crippen LogP) is 4.68. The van der Waals surface area contributed by atoms with Crippen LogP contribution in [0.3, 0.4) is 0 Å². The first-order chi connectivity index (χ1) is 15.0. The van der Waals surface area contributed by atoms with Crippen molar-refractivity contribution < 1.29 is 24.0 Å². The van der Waals surface area contributed by atoms with Crippen LogP contribution in [0.1, 0.15) is 29.7 Å². The number of ether oxygens (including phenoxy) is 1. The lowest BCUT2D eigenvalue weighted by molar-refractivity contribution is -0.384. The minimum absolute atomic E-state index is 0.0147. The fraction of sp³-hybridized carbons (Fsp3) is 0.217. The van der Waals surface area contributed by atoms with Crippen LogP contribution in [0.2, 0.25) is 0 Å². The van der Waals surface area contributed by atoms with E-state index in [1.165, 1.54) is 12.1 Å². The molecule has 158 valence electrons. The number of rotatable bonds is 7. The maximum absolute atomic E-state index is 11.0. The first kappa shape index (κ1) is 20.3. The molecule has 0 atom stereocenters. The van der Waals surface area contributed by atoms with Crippen LogP contribution < -0.4 is 4.74 Å². The Balaban J connectivity index is 1.53. The summed E-state index contributed by atoms with van der Waals surface area (Å²) in [6.07, 6.45) is 6.89. The second-order valence-electron chi connectivity index (χ2n) is 7.20. The number of hydrogen-bond donors (Lipinski definition) is 1. The highest BCUT2D eigenvalue weighted by Crippen LogP contribution is 2.36. The van der Waals surface area contributed by atoms with Crippen molar-refractivity contribution in [1.29, 1.82) is 0 Å². The van der Waals surface area contributed by atoms with Crippen molar-refractivity contribution in [3.05, 3.63) is 81.7 Å². The van der Waals surface area contributed by atoms with Gasteiger partial charge >= 0.3 is 5.97 Å². The van der Waals surface area contributed by atoms with E-state index in [-0.39, 0.29) is 12.3 Å². The van der Waals surface area contributed by atoms with Gasteiger partial charge in [-0.05, 0) is 42.5 Å². The summed E-state index contributed by atoms with van der Waals surface area (Å²) in [6, 6.07) is 11.9. The molecule has 31 heavy (non-hydrogen) atoms. The van der Waals surface area contributed by atoms with E-state index in [1.807, 2.05) is 12.1 Å². The molecule has 0 radical (unpaired) electrons. The second-order valence-corrected chi connectivity index (χ2v) is 7.20. The molecule has 0 unspecified atom stereocenters. The summed E-state index contributed by atoms with van der Waals surface area (Å²) >= 11 is 0. The quantitative estimate of drug-likeness (QED) is 0.436. The topological polar surface area (TPSA) is 116 Å². The molecule has 1 aliphatic rings. The summed E-state index contributed by atoms with van der Waals surface area (Å²) in [5, 5.41) is 19.9. The summed E-state index contributed by atoms with van der Waals surface area (Å²) in [6.45, 7) is -0.366. The standard InChI is InChI=1S/C23H20N2O6/c26-22(27)14-30-21-9-3-7-19-15(4-2-8-20(19)21)10-11-17-13-31-23(24-17)16-5-1-6-18(12-16)25(28)29/h1,3,5-7,9-10,12-13H,2,4,8,11,14H2,(H,26,27)/b15-10-. The number of oxazole rings is 1. The van der Waals surface area contributed by atoms with Gasteiger partial charge in [0, 0.05) is 29.7 Å². The van der Waals surface area contributed by atoms with Gasteiger partial charge in [-0.25, -0.2) is 9.78 Å². The summed E-state index contributed by atoms with van der Waals surface area (Å²) in [4.78, 5) is 25.8. The van der Waals surface area contributed by atoms with Crippen molar-refractivity contribution in [2.45, 2.75) is 25.7 Å². The fourth-order valence-corrected chi connectivity index (χ4v) is 3.71. The number of hydrogen-bond acceptors (Lipinski definition) is 6. The van der Waals surface area contributed by atoms with Crippen molar-refractivity contribution >= 4 is 17.2 Å². The summed E-state index contributed by atoms with van der Waals surface area (Å²) in [5.41, 5.74) is 4.51. The molecule has 0 spiro atoms. The Morgan fingerprint density at radius 3 is 2.90 bits per heavy atom. The molecule has 4 rings (SSSR count). The molecule has 0 saturated carbocycles. The number of allylic oxidation sites excluding steroid dienone is 2. The lowest BCUT2D eigenvalue weighted by Gasteiger charge is -2.21. The number of non-ortho nitro benzene ring substituents is 1. The van der Waals surface area contributed by atoms with E-state index in [2.05, 4.69) is 11.1 Å². The molecule has 0 bridgehead atoms. The van der Waals surface area contributed by atoms with Crippen LogP contribution in [-0.2, 0) is 17.6 Å². The SMILES string of the molecule is O=C(O)COc1cccc2c1CCC/C2=C/Cc1coc(-c2cccc([N+](=O)[O-])c2)n1. The molecular weight excluding hydrogens is 400 g/mol. The minimum Gasteiger partial charge on any atom is -0.482 e. The number of carboxylic acids is 1. The third-order valence-corrected chi connectivity index (χ3v) is 5.12. The zero-order chi connectivity index (χ0) is 21.8. The number of nitrogens with zero attached hydrogens (tertiary/aromatic N) is 2. The molecule has 1 aliphatic carbocycles. The molecule has 1 heterocycles. The molecule has 8 nitrogen and oxygen atoms in total. The van der Waals surface area contributed by atoms with Crippen LogP contribution >= 0.6 is 0 Å². The van der Waals surface area contributed by atoms with Crippen LogP contribution in [0.4, 0.5) is 5.69 Å². The Morgan fingerprint density at radius 1 is 1.26 bits per heavy atom. The van der Waals surface area contributed by atoms with E-state index < -0.39 is 10.9 Å². The molecule has 1 aromatic heterocycles. The van der Waals surface area contributed by atoms with E-state index in [4.69, 9.17) is 14.3 Å². The largest absolute Gasteiger partial charge is 0.482 e. The summed E-state index contributed by atoms with van der Waals surface area (Å²) in [7, 11) is 0. The second kappa shape index (κ2) is 8.83. The van der Waals surface area contributed by atoms with Crippen LogP contribution in [-0.4, -0.2) is 27.6 Å². The molecule has 0 amide bonds. The third-order valence-electron chi connectivity index (χ3n) is 5.12. The van der Waals surface area contributed by atoms with Gasteiger partial charge in [-0.15, -0.1) is 0 Å². The van der Waals surface area contributed by atoms with E-state index >= 15 is 0 Å². The first-order valence-electron chi connectivity index (χ1n) is 9.86. The van der Waals surface area contributed by atoms with Gasteiger partial charge in [0.25, 0.3) is 5.69 Å². The molecular formula is C23H20N2O6. The Morgan fingerprint density at radius 2 is 2.10 bits per heavy atom. The monoisotopic (exact) mass is 420 g/mol. The van der Waals surface area contributed by atoms with E-state index in [9.17, 15) is 14.9 Å². The van der Waals surface area contributed by atoms with Gasteiger partial charge in [0.1, 0.15) is 12.0 Å². The van der Waals surface area contributed by atoms with Gasteiger partial charge in [-0.1, -0.05) is 24.3 Å². The first-order valence-corrected chi connectivity index (χ1v) is 9.86. The number of fused-ring (bicyclic) bond motifs is 1. The number of aromatic nitrogens is 1. The summed E-state index contributed by atoms with van der Waals surface area (Å²) in [5.74, 6) is -0.0554. The van der Waals surface area contributed by atoms with Crippen molar-refractivity contribution in [1.82, 2.24) is 4.98 Å². The molecule has 0 aliphatic heterocycles. The van der Waals surface area contributed by atoms with Gasteiger partial charge in [0.2, 0.25) is 5.89 Å². The normalized spacial score (nSPS) is 14.3. The molecule has 2 aromatic carbocycles. The summed E-state index contributed by atoms with van der Waals surface area (Å²) < 4.78 is 11.0. The zero-order valence-electron chi connectivity index (χ0n) is 16.6. The van der Waals surface area contributed by atoms with Gasteiger partial charge in [0.15, 0.2) is 6.61 Å². The van der Waals surface area contributed by atoms with Gasteiger partial charge in [0.05, 0.1) is 10.6 Å². The molecule has 0 fully saturated rings. The average molecular weight is 420 g/mol. The van der Waals surface area contributed by atoms with Gasteiger partial charge in [-0.3, -0.25) is 10.1 Å². The smallest absolute Gasteiger partial charge is 0.341 e. The lowest BCUT2D eigenvalue weighted by Crippen LogP contribution is -2.12. The number of aliphatic carboxylic acids is 1. The van der Waals surface area contributed by atoms with Crippen molar-refractivity contribution in [3.63, 3.8) is 0 Å². The Bertz CT molecular complexity index is 1160. The van der Waals surface area contributed by atoms with Crippen molar-refractivity contribution in [3.8, 4) is 17.2 Å². The van der Waals surface area contributed by atoms with E-state index in [0.717, 1.165) is 41.7 Å². The fourth-order valence-electron chi connectivity index (χ4n) is 3.71. The van der Waals surface area contributed by atoms with Crippen LogP contribution in [0, 0.1) is 10.1 Å². The Kier molecular flexibility index (Phi) is 5.79. The van der Waals surface area contributed by atoms with E-state index in [1.54, 1.807) is 24.5 Å². The van der Waals surface area contributed by atoms with Gasteiger partial charge in [-0.2, -0.15) is 0 Å². The molecule has 8 heteroatoms. The van der Waals surface area contributed by atoms with E-state index in [0.29, 0.717) is 23.6 Å². The van der Waals surface area contributed by atoms with Gasteiger partial charge < -0.3 is 14.3 Å². The molecule has 0 saturated heterocycles. The maximum atomic E-state index is 11.0. The minimum atomic E-state index is -1.00. The average Bonchev–Trinajstić information content (AvgIpc) is 3.25. The van der Waals surface area contributed by atoms with Crippen LogP contribution in [0.5, 0.6) is 5.75 Å². The number of benzene rings is 2. The number of carbonyl (C=O) groups is 1. The molecule has 3 aromatic rings. The number of carboxylic acid groups (broad SMARTS) is 1. The highest BCUT2D eigenvalue weighted by Gasteiger charge is 2.19. The maximum Gasteiger partial charge on any atom is 0.341 e. The third kappa shape index (κ3) is 4.63. The zero-order valence-corrected chi connectivity index (χ0v) is 16.6. The Labute approximate surface area is 178 Å². The lowest BCUT2D eigenvalue weighted by atomic mass is 9.86. The van der Waals surface area contributed by atoms with Crippen molar-refractivity contribution in [2.24, 2.45) is 0 Å². The molecule has 1 N–H and O–H groups in total. The van der Waals surface area contributed by atoms with Crippen molar-refractivity contribution in [2.75, 3.05) is 6.61 Å². The number of nitro benzene ring substituents is 1. The van der Waals surface area contributed by atoms with Crippen LogP contribution in [0.15, 0.2) is 59.2 Å². The van der Waals surface area contributed by atoms with Crippen LogP contribution in [0.25, 0.3) is 17.0 Å².